The third-order valence-corrected chi connectivity index (χ3v) is 11.8. The van der Waals surface area contributed by atoms with Crippen LogP contribution in [-0.4, -0.2) is 40.1 Å². The van der Waals surface area contributed by atoms with E-state index in [-0.39, 0.29) is 21.7 Å². The summed E-state index contributed by atoms with van der Waals surface area (Å²) in [5.41, 5.74) is 3.37. The molecule has 0 aliphatic rings. The maximum atomic E-state index is 13.3. The van der Waals surface area contributed by atoms with Crippen LogP contribution in [0.15, 0.2) is 56.9 Å². The van der Waals surface area contributed by atoms with Gasteiger partial charge in [-0.25, -0.2) is 4.98 Å². The quantitative estimate of drug-likeness (QED) is 0.0585. The average Bonchev–Trinajstić information content (AvgIpc) is 3.53. The maximum Gasteiger partial charge on any atom is 0.299 e. The van der Waals surface area contributed by atoms with Crippen molar-refractivity contribution in [2.45, 2.75) is 125 Å². The van der Waals surface area contributed by atoms with E-state index in [1.807, 2.05) is 25.1 Å². The van der Waals surface area contributed by atoms with E-state index in [1.165, 1.54) is 18.4 Å². The summed E-state index contributed by atoms with van der Waals surface area (Å²) in [7, 11) is -2.29. The number of nitrogens with zero attached hydrogens (tertiary/aromatic N) is 6. The highest BCUT2D eigenvalue weighted by Crippen LogP contribution is 2.43. The smallest absolute Gasteiger partial charge is 0.299 e. The molecule has 3 rings (SSSR count). The summed E-state index contributed by atoms with van der Waals surface area (Å²) in [5, 5.41) is 18.4. The molecule has 3 aromatic rings. The fraction of sp³-hybridized carbons (Fsp3) is 0.625. The van der Waals surface area contributed by atoms with Gasteiger partial charge in [0.05, 0.1) is 24.2 Å². The van der Waals surface area contributed by atoms with Gasteiger partial charge in [0, 0.05) is 25.7 Å². The van der Waals surface area contributed by atoms with Crippen LogP contribution in [0.2, 0.25) is 5.15 Å². The lowest BCUT2D eigenvalue weighted by atomic mass is 9.95. The van der Waals surface area contributed by atoms with Crippen LogP contribution in [0.4, 0.5) is 32.9 Å². The number of halogens is 1. The molecule has 0 aliphatic carbocycles. The molecule has 14 heteroatoms. The second-order valence-electron chi connectivity index (χ2n) is 13.9. The zero-order chi connectivity index (χ0) is 39.3. The van der Waals surface area contributed by atoms with Crippen LogP contribution < -0.4 is 19.1 Å². The van der Waals surface area contributed by atoms with Gasteiger partial charge in [-0.05, 0) is 67.7 Å². The highest BCUT2D eigenvalue weighted by atomic mass is 35.5. The fourth-order valence-electron chi connectivity index (χ4n) is 6.12. The molecule has 1 heterocycles. The van der Waals surface area contributed by atoms with Gasteiger partial charge in [0.25, 0.3) is 10.2 Å². The minimum atomic E-state index is -3.92. The number of aromatic nitrogens is 1. The van der Waals surface area contributed by atoms with Crippen molar-refractivity contribution < 1.29 is 13.2 Å². The summed E-state index contributed by atoms with van der Waals surface area (Å²) in [4.78, 5) is 6.74. The number of anilines is 2. The summed E-state index contributed by atoms with van der Waals surface area (Å²) >= 11 is 7.59. The largest absolute Gasteiger partial charge is 0.494 e. The van der Waals surface area contributed by atoms with Crippen molar-refractivity contribution in [2.75, 3.05) is 36.4 Å². The number of nitrogens with one attached hydrogen (secondary N) is 2. The molecule has 0 saturated heterocycles. The molecule has 0 fully saturated rings. The lowest BCUT2D eigenvalue weighted by Crippen LogP contribution is -2.35. The second kappa shape index (κ2) is 24.4. The van der Waals surface area contributed by atoms with E-state index in [9.17, 15) is 8.42 Å². The molecule has 0 spiro atoms. The Labute approximate surface area is 334 Å². The Morgan fingerprint density at radius 3 is 2.04 bits per heavy atom. The molecular formula is C40H63ClN8O3S2. The predicted octanol–water partition coefficient (Wildman–Crippen LogP) is 13.3. The first-order valence-corrected chi connectivity index (χ1v) is 22.6. The maximum absolute atomic E-state index is 13.3. The average molecular weight is 804 g/mol. The zero-order valence-corrected chi connectivity index (χ0v) is 35.9. The fourth-order valence-corrected chi connectivity index (χ4v) is 7.95. The van der Waals surface area contributed by atoms with Crippen LogP contribution in [0.1, 0.15) is 124 Å². The monoisotopic (exact) mass is 802 g/mol. The van der Waals surface area contributed by atoms with Crippen molar-refractivity contribution in [1.29, 1.82) is 0 Å². The molecule has 1 aromatic heterocycles. The molecule has 2 aromatic carbocycles. The highest BCUT2D eigenvalue weighted by molar-refractivity contribution is 7.90. The zero-order valence-electron chi connectivity index (χ0n) is 33.5. The summed E-state index contributed by atoms with van der Waals surface area (Å²) < 4.78 is 38.1. The first kappa shape index (κ1) is 45.3. The number of aryl methyl sites for hydroxylation is 1. The Morgan fingerprint density at radius 2 is 1.46 bits per heavy atom. The number of hydrogen-bond donors (Lipinski definition) is 2. The topological polar surface area (TPSA) is 133 Å². The number of benzene rings is 2. The van der Waals surface area contributed by atoms with Gasteiger partial charge in [-0.2, -0.15) is 13.1 Å². The van der Waals surface area contributed by atoms with Gasteiger partial charge in [-0.1, -0.05) is 128 Å². The van der Waals surface area contributed by atoms with E-state index in [0.29, 0.717) is 34.8 Å². The lowest BCUT2D eigenvalue weighted by Gasteiger charge is -2.34. The van der Waals surface area contributed by atoms with Crippen molar-refractivity contribution in [3.8, 4) is 5.75 Å². The minimum Gasteiger partial charge on any atom is -0.494 e. The molecule has 2 N–H and O–H groups in total. The Hall–Kier alpha value is -3.13. The standard InChI is InChI=1S/C40H63ClN8O3S2/c1-8-14-18-30(12-5)28-49(29-31(13-6)19-15-9-2)36-26-35(48-54(50,51)42-25-17-11-4)34(27-37(36)52-7)45-47-40-43-38(41)39(53-40)46-44-33-23-21-32(22-24-33)20-16-10-3/h21-24,26-27,30-31,42,48H,8-20,25,28-29H2,1-7H3/b46-44+,47-45+. The first-order valence-electron chi connectivity index (χ1n) is 19.9. The van der Waals surface area contributed by atoms with Crippen molar-refractivity contribution in [3.63, 3.8) is 0 Å². The number of unbranched alkanes of at least 4 members (excludes halogenated alkanes) is 4. The molecule has 0 bridgehead atoms. The summed E-state index contributed by atoms with van der Waals surface area (Å²) in [6.07, 6.45) is 13.9. The molecule has 0 radical (unpaired) electrons. The third-order valence-electron chi connectivity index (χ3n) is 9.56. The molecule has 300 valence electrons. The molecule has 11 nitrogen and oxygen atoms in total. The van der Waals surface area contributed by atoms with Gasteiger partial charge in [0.15, 0.2) is 10.2 Å². The van der Waals surface area contributed by atoms with E-state index in [2.05, 4.69) is 86.5 Å². The normalized spacial score (nSPS) is 13.2. The molecule has 0 saturated carbocycles. The molecule has 2 atom stereocenters. The van der Waals surface area contributed by atoms with Crippen LogP contribution in [0.3, 0.4) is 0 Å². The van der Waals surface area contributed by atoms with Crippen LogP contribution in [0.25, 0.3) is 0 Å². The number of azo groups is 2. The highest BCUT2D eigenvalue weighted by Gasteiger charge is 2.24. The van der Waals surface area contributed by atoms with Crippen LogP contribution in [-0.2, 0) is 16.6 Å². The van der Waals surface area contributed by atoms with Gasteiger partial charge >= 0.3 is 0 Å². The van der Waals surface area contributed by atoms with Gasteiger partial charge in [-0.15, -0.1) is 20.5 Å². The second-order valence-corrected chi connectivity index (χ2v) is 16.7. The van der Waals surface area contributed by atoms with E-state index in [1.54, 1.807) is 13.2 Å². The van der Waals surface area contributed by atoms with Crippen molar-refractivity contribution in [2.24, 2.45) is 32.3 Å². The first-order chi connectivity index (χ1) is 26.1. The Balaban J connectivity index is 2.03. The third kappa shape index (κ3) is 15.2. The molecule has 54 heavy (non-hydrogen) atoms. The molecular weight excluding hydrogens is 740 g/mol. The predicted molar refractivity (Wildman–Crippen MR) is 228 cm³/mol. The van der Waals surface area contributed by atoms with Gasteiger partial charge in [0.1, 0.15) is 11.4 Å². The van der Waals surface area contributed by atoms with E-state index >= 15 is 0 Å². The molecule has 0 amide bonds. The van der Waals surface area contributed by atoms with E-state index in [4.69, 9.17) is 16.3 Å². The lowest BCUT2D eigenvalue weighted by molar-refractivity contribution is 0.390. The van der Waals surface area contributed by atoms with Gasteiger partial charge in [-0.3, -0.25) is 4.72 Å². The van der Waals surface area contributed by atoms with Crippen molar-refractivity contribution >= 4 is 66.0 Å². The summed E-state index contributed by atoms with van der Waals surface area (Å²) in [5.74, 6) is 1.56. The van der Waals surface area contributed by atoms with E-state index < -0.39 is 10.2 Å². The number of thiazole rings is 1. The van der Waals surface area contributed by atoms with Crippen LogP contribution in [0, 0.1) is 11.8 Å². The number of methoxy groups -OCH3 is 1. The van der Waals surface area contributed by atoms with Crippen molar-refractivity contribution in [1.82, 2.24) is 9.71 Å². The van der Waals surface area contributed by atoms with Gasteiger partial charge < -0.3 is 9.64 Å². The minimum absolute atomic E-state index is 0.156. The molecule has 2 unspecified atom stereocenters. The van der Waals surface area contributed by atoms with E-state index in [0.717, 1.165) is 101 Å². The molecule has 0 aliphatic heterocycles. The summed E-state index contributed by atoms with van der Waals surface area (Å²) in [6, 6.07) is 11.6. The number of ether oxygens (including phenoxy) is 1. The summed E-state index contributed by atoms with van der Waals surface area (Å²) in [6.45, 7) is 15.1. The number of rotatable bonds is 27. The van der Waals surface area contributed by atoms with Crippen LogP contribution >= 0.6 is 22.9 Å². The van der Waals surface area contributed by atoms with Crippen molar-refractivity contribution in [3.05, 3.63) is 47.1 Å². The Kier molecular flexibility index (Phi) is 20.4. The Morgan fingerprint density at radius 1 is 0.833 bits per heavy atom. The van der Waals surface area contributed by atoms with Crippen LogP contribution in [0.5, 0.6) is 5.75 Å². The number of hydrogen-bond acceptors (Lipinski definition) is 10. The van der Waals surface area contributed by atoms with Gasteiger partial charge in [0.2, 0.25) is 5.13 Å². The SMILES string of the molecule is CCCCNS(=O)(=O)Nc1cc(N(CC(CC)CCCC)CC(CC)CCCC)c(OC)cc1/N=N/c1nc(Cl)c(/N=N/c2ccc(CCCC)cc2)s1. The Bertz CT molecular complexity index is 1680.